The third-order valence-electron chi connectivity index (χ3n) is 0.760. The van der Waals surface area contributed by atoms with Crippen molar-refractivity contribution in [2.45, 2.75) is 0 Å². The fraction of sp³-hybridized carbons (Fsp3) is 0. The quantitative estimate of drug-likeness (QED) is 0.284. The third kappa shape index (κ3) is 69.8. The van der Waals surface area contributed by atoms with Gasteiger partial charge in [-0.15, -0.1) is 12.7 Å². The van der Waals surface area contributed by atoms with Crippen molar-refractivity contribution in [1.82, 2.24) is 0 Å². The van der Waals surface area contributed by atoms with Crippen molar-refractivity contribution in [2.75, 3.05) is 0 Å². The number of allylic oxidation sites excluding steroid dienone is 1. The normalized spacial score (nSPS) is 8.59. The summed E-state index contributed by atoms with van der Waals surface area (Å²) >= 11 is 0. The fourth-order valence-electron chi connectivity index (χ4n) is 0.393. The van der Waals surface area contributed by atoms with Crippen LogP contribution >= 0.6 is 0 Å². The van der Waals surface area contributed by atoms with Crippen LogP contribution in [0.2, 0.25) is 0 Å². The zero-order valence-corrected chi connectivity index (χ0v) is 11.0. The van der Waals surface area contributed by atoms with Gasteiger partial charge in [-0.3, -0.25) is 5.92 Å². The van der Waals surface area contributed by atoms with Gasteiger partial charge in [0.25, 0.3) is 0 Å². The minimum absolute atomic E-state index is 0. The second-order valence-corrected chi connectivity index (χ2v) is 1.49. The summed E-state index contributed by atoms with van der Waals surface area (Å²) in [5.41, 5.74) is 0. The maximum atomic E-state index is 7.50. The van der Waals surface area contributed by atoms with Crippen LogP contribution in [0.3, 0.4) is 0 Å². The van der Waals surface area contributed by atoms with Crippen LogP contribution in [-0.4, -0.2) is 0 Å². The first-order valence-corrected chi connectivity index (χ1v) is 3.58. The van der Waals surface area contributed by atoms with Gasteiger partial charge in [0.15, 0.2) is 0 Å². The second-order valence-electron chi connectivity index (χ2n) is 1.49. The summed E-state index contributed by atoms with van der Waals surface area (Å²) in [6.07, 6.45) is 11.5. The van der Waals surface area contributed by atoms with Gasteiger partial charge < -0.3 is 5.92 Å². The molecule has 0 bridgehead atoms. The summed E-state index contributed by atoms with van der Waals surface area (Å²) in [5, 5.41) is 0. The monoisotopic (exact) mass is 312 g/mol. The van der Waals surface area contributed by atoms with E-state index in [1.54, 1.807) is 0 Å². The van der Waals surface area contributed by atoms with E-state index in [4.69, 9.17) is 14.0 Å². The molecule has 0 amide bonds. The van der Waals surface area contributed by atoms with Crippen LogP contribution in [0.5, 0.6) is 0 Å². The van der Waals surface area contributed by atoms with Gasteiger partial charge in [-0.1, -0.05) is 0 Å². The zero-order valence-electron chi connectivity index (χ0n) is 9.01. The molecule has 0 saturated heterocycles. The van der Waals surface area contributed by atoms with Gasteiger partial charge in [0.1, 0.15) is 0 Å². The summed E-state index contributed by atoms with van der Waals surface area (Å²) < 4.78 is 22.5. The summed E-state index contributed by atoms with van der Waals surface area (Å²) in [5.74, 6) is 4.91. The standard InChI is InChI=1S/2C5H5.3CO.Mo/c1-2-4-5-3-1;1-3-5-4-2;3*1-2;/h1-5H;3H,1-2H2;;;;/q;-1;;;;+2. The number of hydrogen-bond acceptors (Lipinski definition) is 0. The van der Waals surface area contributed by atoms with E-state index in [0.717, 1.165) is 0 Å². The molecule has 0 aromatic rings. The Morgan fingerprint density at radius 2 is 1.12 bits per heavy atom. The van der Waals surface area contributed by atoms with E-state index in [9.17, 15) is 0 Å². The minimum Gasteiger partial charge on any atom is -0.0312 e. The molecule has 17 heavy (non-hydrogen) atoms. The predicted octanol–water partition coefficient (Wildman–Crippen LogP) is 1.92. The smallest absolute Gasteiger partial charge is 0.0312 e. The first kappa shape index (κ1) is 29.8. The Morgan fingerprint density at radius 3 is 1.18 bits per heavy atom. The Labute approximate surface area is 118 Å². The summed E-state index contributed by atoms with van der Waals surface area (Å²) in [6.45, 7) is 20.1. The largest absolute Gasteiger partial charge is 2.00 e. The topological polar surface area (TPSA) is 59.7 Å². The SMILES string of the molecule is C=CC#C[CH2-].[C-]#[O+].[C-]#[O+].[C-]#[O+].[CH]1[CH][CH][CH][CH]1.[Mo+2]. The van der Waals surface area contributed by atoms with Crippen molar-refractivity contribution < 1.29 is 35.0 Å². The van der Waals surface area contributed by atoms with Crippen molar-refractivity contribution in [2.24, 2.45) is 0 Å². The first-order chi connectivity index (χ1) is 7.91. The van der Waals surface area contributed by atoms with Crippen LogP contribution in [0.25, 0.3) is 0 Å². The molecule has 85 valence electrons. The van der Waals surface area contributed by atoms with E-state index in [1.807, 2.05) is 32.1 Å². The molecule has 1 fully saturated rings. The van der Waals surface area contributed by atoms with E-state index >= 15 is 0 Å². The van der Waals surface area contributed by atoms with Crippen molar-refractivity contribution >= 4 is 0 Å². The third-order valence-corrected chi connectivity index (χ3v) is 0.760. The van der Waals surface area contributed by atoms with Crippen LogP contribution in [0.15, 0.2) is 12.7 Å². The molecule has 0 N–H and O–H groups in total. The Balaban J connectivity index is -0.0000000380. The molecular weight excluding hydrogens is 300 g/mol. The molecule has 0 unspecified atom stereocenters. The summed E-state index contributed by atoms with van der Waals surface area (Å²) in [7, 11) is 0. The second kappa shape index (κ2) is 59.6. The van der Waals surface area contributed by atoms with Crippen molar-refractivity contribution in [1.29, 1.82) is 0 Å². The van der Waals surface area contributed by atoms with E-state index < -0.39 is 0 Å². The average molecular weight is 310 g/mol. The van der Waals surface area contributed by atoms with E-state index in [2.05, 4.69) is 45.3 Å². The van der Waals surface area contributed by atoms with Crippen LogP contribution < -0.4 is 0 Å². The van der Waals surface area contributed by atoms with Gasteiger partial charge in [-0.2, -0.15) is 6.92 Å². The molecular formula is C13H10MoO3+. The van der Waals surface area contributed by atoms with Crippen molar-refractivity contribution in [3.8, 4) is 11.8 Å². The van der Waals surface area contributed by atoms with Gasteiger partial charge in [0.05, 0.1) is 0 Å². The minimum atomic E-state index is 0. The molecule has 5 radical (unpaired) electrons. The number of rotatable bonds is 0. The predicted molar refractivity (Wildman–Crippen MR) is 56.6 cm³/mol. The number of hydrogen-bond donors (Lipinski definition) is 0. The molecule has 0 aromatic heterocycles. The Kier molecular flexibility index (Phi) is 105. The molecule has 1 saturated carbocycles. The average Bonchev–Trinajstić information content (AvgIpc) is 2.97. The molecule has 0 heterocycles. The molecule has 4 heteroatoms. The van der Waals surface area contributed by atoms with Crippen LogP contribution in [0.4, 0.5) is 0 Å². The molecule has 0 aromatic carbocycles. The van der Waals surface area contributed by atoms with Gasteiger partial charge in [0.2, 0.25) is 0 Å². The maximum absolute atomic E-state index is 7.50. The Bertz CT molecular complexity index is 205. The van der Waals surface area contributed by atoms with Gasteiger partial charge >= 0.3 is 55.0 Å². The summed E-state index contributed by atoms with van der Waals surface area (Å²) in [4.78, 5) is 0. The van der Waals surface area contributed by atoms with E-state index in [-0.39, 0.29) is 21.1 Å². The van der Waals surface area contributed by atoms with E-state index in [0.29, 0.717) is 0 Å². The first-order valence-electron chi connectivity index (χ1n) is 3.58. The molecule has 1 aliphatic carbocycles. The van der Waals surface area contributed by atoms with Gasteiger partial charge in [0, 0.05) is 0 Å². The van der Waals surface area contributed by atoms with Crippen LogP contribution in [0.1, 0.15) is 0 Å². The summed E-state index contributed by atoms with van der Waals surface area (Å²) in [6, 6.07) is 0. The van der Waals surface area contributed by atoms with Crippen LogP contribution in [-0.2, 0) is 35.0 Å². The van der Waals surface area contributed by atoms with E-state index in [1.165, 1.54) is 6.08 Å². The van der Waals surface area contributed by atoms with Crippen molar-refractivity contribution in [3.63, 3.8) is 0 Å². The zero-order chi connectivity index (χ0) is 13.7. The molecule has 1 rings (SSSR count). The Hall–Kier alpha value is -0.922. The van der Waals surface area contributed by atoms with Crippen molar-refractivity contribution in [3.05, 3.63) is 71.6 Å². The molecule has 0 atom stereocenters. The van der Waals surface area contributed by atoms with Gasteiger partial charge in [-0.05, 0) is 32.1 Å². The molecule has 0 spiro atoms. The maximum Gasteiger partial charge on any atom is 2.00 e. The van der Waals surface area contributed by atoms with Crippen LogP contribution in [0, 0.1) is 70.8 Å². The molecule has 0 aliphatic heterocycles. The fourth-order valence-corrected chi connectivity index (χ4v) is 0.393. The molecule has 1 aliphatic rings. The Morgan fingerprint density at radius 1 is 0.882 bits per heavy atom. The molecule has 3 nitrogen and oxygen atoms in total. The van der Waals surface area contributed by atoms with Gasteiger partial charge in [-0.25, -0.2) is 0 Å².